The zero-order chi connectivity index (χ0) is 39.6. The molecule has 0 saturated carbocycles. The largest absolute Gasteiger partial charge is 0.495 e. The van der Waals surface area contributed by atoms with Gasteiger partial charge in [0.1, 0.15) is 40.7 Å². The summed E-state index contributed by atoms with van der Waals surface area (Å²) in [4.78, 5) is 56.6. The monoisotopic (exact) mass is 761 g/mol. The minimum absolute atomic E-state index is 0.0455. The average molecular weight is 762 g/mol. The van der Waals surface area contributed by atoms with E-state index in [2.05, 4.69) is 5.32 Å². The lowest BCUT2D eigenvalue weighted by Gasteiger charge is -2.42. The van der Waals surface area contributed by atoms with E-state index in [1.54, 1.807) is 59.2 Å². The van der Waals surface area contributed by atoms with Gasteiger partial charge in [0.15, 0.2) is 5.72 Å². The number of nitrogens with one attached hydrogen (secondary N) is 1. The van der Waals surface area contributed by atoms with Crippen LogP contribution in [0.1, 0.15) is 79.7 Å². The normalized spacial score (nSPS) is 31.5. The highest BCUT2D eigenvalue weighted by Crippen LogP contribution is 2.49. The number of ether oxygens (including phenoxy) is 5. The number of rotatable bonds is 7. The van der Waals surface area contributed by atoms with E-state index in [-0.39, 0.29) is 35.6 Å². The standard InChI is InChI=1S/C39H56ClN3O10/c1-22-13-12-14-29(50-11)39(48)21-28(51-36(47)41-39)23(2)34-38(7,53-34)30(52-35(46)24(3)42(8)31(44)15-16-37(4,5)6)20-32(45)43(9)26-18-25(17-22)19-27(49-10)33(26)40/h12-14,18-19,23-24,28-30,34,48H,15-17,20-21H2,1-11H3,(H,41,47)/b14-12+,22-13+/t23?,24-,28?,29?,30?,34?,38?,39?/m0/s1. The van der Waals surface area contributed by atoms with Crippen molar-refractivity contribution in [3.05, 3.63) is 46.5 Å². The van der Waals surface area contributed by atoms with Crippen LogP contribution >= 0.6 is 11.6 Å². The fourth-order valence-electron chi connectivity index (χ4n) is 6.88. The molecule has 2 saturated heterocycles. The smallest absolute Gasteiger partial charge is 0.409 e. The number of allylic oxidation sites excluding steroid dienone is 3. The highest BCUT2D eigenvalue weighted by atomic mass is 35.5. The molecule has 2 fully saturated rings. The van der Waals surface area contributed by atoms with Gasteiger partial charge in [-0.15, -0.1) is 0 Å². The molecule has 3 aliphatic rings. The van der Waals surface area contributed by atoms with Gasteiger partial charge >= 0.3 is 12.1 Å². The predicted molar refractivity (Wildman–Crippen MR) is 200 cm³/mol. The van der Waals surface area contributed by atoms with E-state index >= 15 is 0 Å². The molecule has 7 unspecified atom stereocenters. The molecule has 0 spiro atoms. The van der Waals surface area contributed by atoms with Crippen LogP contribution in [0.5, 0.6) is 5.75 Å². The van der Waals surface area contributed by atoms with Crippen LogP contribution in [0.2, 0.25) is 5.02 Å². The van der Waals surface area contributed by atoms with Crippen molar-refractivity contribution in [2.45, 2.75) is 122 Å². The predicted octanol–water partition coefficient (Wildman–Crippen LogP) is 5.34. The maximum absolute atomic E-state index is 14.1. The van der Waals surface area contributed by atoms with Gasteiger partial charge in [-0.1, -0.05) is 63.1 Å². The lowest BCUT2D eigenvalue weighted by Crippen LogP contribution is -2.63. The van der Waals surface area contributed by atoms with E-state index in [0.29, 0.717) is 24.3 Å². The van der Waals surface area contributed by atoms with Gasteiger partial charge in [0.25, 0.3) is 0 Å². The topological polar surface area (TPSA) is 156 Å². The number of esters is 1. The number of aliphatic hydroxyl groups is 1. The number of hydrogen-bond acceptors (Lipinski definition) is 10. The number of halogens is 1. The molecule has 53 heavy (non-hydrogen) atoms. The summed E-state index contributed by atoms with van der Waals surface area (Å²) in [5.74, 6) is -1.49. The Morgan fingerprint density at radius 1 is 1.23 bits per heavy atom. The number of anilines is 1. The van der Waals surface area contributed by atoms with Crippen molar-refractivity contribution in [1.29, 1.82) is 0 Å². The Morgan fingerprint density at radius 2 is 1.91 bits per heavy atom. The van der Waals surface area contributed by atoms with Crippen molar-refractivity contribution in [2.75, 3.05) is 33.2 Å². The van der Waals surface area contributed by atoms with Crippen molar-refractivity contribution in [2.24, 2.45) is 11.3 Å². The first kappa shape index (κ1) is 42.1. The quantitative estimate of drug-likeness (QED) is 0.275. The second kappa shape index (κ2) is 16.4. The van der Waals surface area contributed by atoms with Crippen LogP contribution in [0.15, 0.2) is 35.9 Å². The molecule has 3 amide bonds. The average Bonchev–Trinajstić information content (AvgIpc) is 3.78. The van der Waals surface area contributed by atoms with Crippen molar-refractivity contribution in [3.63, 3.8) is 0 Å². The molecule has 1 aromatic rings. The first-order chi connectivity index (χ1) is 24.6. The third-order valence-corrected chi connectivity index (χ3v) is 11.0. The second-order valence-electron chi connectivity index (χ2n) is 16.0. The number of likely N-dealkylation sites (N-methyl/N-ethyl adjacent to an activating group) is 1. The summed E-state index contributed by atoms with van der Waals surface area (Å²) in [6.45, 7) is 13.2. The van der Waals surface area contributed by atoms with Crippen LogP contribution in [0.25, 0.3) is 0 Å². The molecule has 4 rings (SSSR count). The Bertz CT molecular complexity index is 1620. The van der Waals surface area contributed by atoms with Crippen LogP contribution in [0.4, 0.5) is 10.5 Å². The molecule has 8 atom stereocenters. The number of carbonyl (C=O) groups is 4. The Labute approximate surface area is 317 Å². The van der Waals surface area contributed by atoms with Gasteiger partial charge in [-0.2, -0.15) is 0 Å². The van der Waals surface area contributed by atoms with Crippen molar-refractivity contribution >= 4 is 41.2 Å². The summed E-state index contributed by atoms with van der Waals surface area (Å²) in [5, 5.41) is 14.5. The van der Waals surface area contributed by atoms with Gasteiger partial charge in [0.05, 0.1) is 25.3 Å². The number of hydrogen-bond donors (Lipinski definition) is 2. The minimum atomic E-state index is -1.82. The Morgan fingerprint density at radius 3 is 2.53 bits per heavy atom. The van der Waals surface area contributed by atoms with Gasteiger partial charge in [-0.3, -0.25) is 14.9 Å². The van der Waals surface area contributed by atoms with Crippen molar-refractivity contribution < 1.29 is 48.0 Å². The maximum Gasteiger partial charge on any atom is 0.409 e. The number of alkyl carbamates (subject to hydrolysis) is 1. The summed E-state index contributed by atoms with van der Waals surface area (Å²) in [7, 11) is 6.06. The molecule has 2 N–H and O–H groups in total. The molecule has 0 radical (unpaired) electrons. The number of methoxy groups -OCH3 is 2. The van der Waals surface area contributed by atoms with Crippen LogP contribution in [0.3, 0.4) is 0 Å². The Hall–Kier alpha value is -3.65. The van der Waals surface area contributed by atoms with E-state index in [1.807, 2.05) is 33.8 Å². The number of nitrogens with zero attached hydrogens (tertiary/aromatic N) is 2. The SMILES string of the molecule is COc1cc2cc(c1Cl)N(C)C(=O)CC(OC(=O)[C@H](C)N(C)C(=O)CCC(C)(C)C)C1(C)OC1C(C)C1CC(O)(NC(=O)O1)C(OC)/C=C/C=C(\C)C2. The van der Waals surface area contributed by atoms with Crippen LogP contribution < -0.4 is 15.0 Å². The molecule has 0 aromatic heterocycles. The van der Waals surface area contributed by atoms with E-state index < -0.39 is 65.7 Å². The molecular weight excluding hydrogens is 706 g/mol. The van der Waals surface area contributed by atoms with E-state index in [9.17, 15) is 24.3 Å². The summed E-state index contributed by atoms with van der Waals surface area (Å²) >= 11 is 6.76. The summed E-state index contributed by atoms with van der Waals surface area (Å²) < 4.78 is 29.3. The van der Waals surface area contributed by atoms with Crippen LogP contribution in [0, 0.1) is 11.3 Å². The summed E-state index contributed by atoms with van der Waals surface area (Å²) in [5.41, 5.74) is -0.957. The number of benzene rings is 1. The number of epoxide rings is 1. The van der Waals surface area contributed by atoms with Gasteiger partial charge in [-0.25, -0.2) is 9.59 Å². The second-order valence-corrected chi connectivity index (χ2v) is 16.3. The zero-order valence-corrected chi connectivity index (χ0v) is 33.5. The first-order valence-corrected chi connectivity index (χ1v) is 18.4. The maximum atomic E-state index is 14.1. The molecular formula is C39H56ClN3O10. The van der Waals surface area contributed by atoms with Gasteiger partial charge in [0, 0.05) is 40.0 Å². The van der Waals surface area contributed by atoms with E-state index in [4.69, 9.17) is 35.3 Å². The number of fused-ring (bicyclic) bond motifs is 5. The third kappa shape index (κ3) is 9.72. The molecule has 14 heteroatoms. The first-order valence-electron chi connectivity index (χ1n) is 18.0. The minimum Gasteiger partial charge on any atom is -0.495 e. The summed E-state index contributed by atoms with van der Waals surface area (Å²) in [6.07, 6.45) is 1.89. The lowest BCUT2D eigenvalue weighted by molar-refractivity contribution is -0.162. The van der Waals surface area contributed by atoms with Crippen molar-refractivity contribution in [3.8, 4) is 5.75 Å². The highest BCUT2D eigenvalue weighted by Gasteiger charge is 2.64. The molecule has 4 bridgehead atoms. The highest BCUT2D eigenvalue weighted by molar-refractivity contribution is 6.35. The Balaban J connectivity index is 1.74. The van der Waals surface area contributed by atoms with Crippen LogP contribution in [-0.4, -0.2) is 104 Å². The molecule has 294 valence electrons. The summed E-state index contributed by atoms with van der Waals surface area (Å²) in [6, 6.07) is 2.63. The number of amides is 3. The molecule has 1 aromatic carbocycles. The molecule has 3 aliphatic heterocycles. The van der Waals surface area contributed by atoms with Gasteiger partial charge in [0.2, 0.25) is 11.8 Å². The third-order valence-electron chi connectivity index (χ3n) is 10.6. The van der Waals surface area contributed by atoms with Gasteiger partial charge < -0.3 is 38.6 Å². The molecule has 3 heterocycles. The number of carbonyl (C=O) groups excluding carboxylic acids is 4. The van der Waals surface area contributed by atoms with E-state index in [0.717, 1.165) is 11.1 Å². The van der Waals surface area contributed by atoms with Crippen molar-refractivity contribution in [1.82, 2.24) is 10.2 Å². The molecule has 13 nitrogen and oxygen atoms in total. The van der Waals surface area contributed by atoms with E-state index in [1.165, 1.54) is 24.0 Å². The fourth-order valence-corrected chi connectivity index (χ4v) is 7.19. The Kier molecular flexibility index (Phi) is 13.0. The van der Waals surface area contributed by atoms with Crippen LogP contribution in [-0.2, 0) is 39.8 Å². The van der Waals surface area contributed by atoms with Gasteiger partial charge in [-0.05, 0) is 56.7 Å². The fraction of sp³-hybridized carbons (Fsp3) is 0.641. The molecule has 0 aliphatic carbocycles. The zero-order valence-electron chi connectivity index (χ0n) is 32.8. The lowest BCUT2D eigenvalue weighted by atomic mass is 9.83.